The van der Waals surface area contributed by atoms with Crippen molar-refractivity contribution in [3.8, 4) is 5.69 Å². The van der Waals surface area contributed by atoms with Crippen molar-refractivity contribution in [1.29, 1.82) is 0 Å². The average molecular weight is 349 g/mol. The van der Waals surface area contributed by atoms with Gasteiger partial charge in [-0.15, -0.1) is 0 Å². The van der Waals surface area contributed by atoms with E-state index in [-0.39, 0.29) is 17.2 Å². The molecule has 25 heavy (non-hydrogen) atoms. The highest BCUT2D eigenvalue weighted by atomic mass is 19.4. The maximum Gasteiger partial charge on any atom is 0.418 e. The summed E-state index contributed by atoms with van der Waals surface area (Å²) >= 11 is 0. The Kier molecular flexibility index (Phi) is 4.07. The number of hydrogen-bond acceptors (Lipinski definition) is 3. The zero-order valence-electron chi connectivity index (χ0n) is 13.4. The molecule has 0 aliphatic carbocycles. The van der Waals surface area contributed by atoms with Gasteiger partial charge in [-0.25, -0.2) is 4.68 Å². The molecule has 0 atom stereocenters. The summed E-state index contributed by atoms with van der Waals surface area (Å²) in [7, 11) is 1.59. The summed E-state index contributed by atoms with van der Waals surface area (Å²) < 4.78 is 42.3. The zero-order chi connectivity index (χ0) is 18.2. The molecule has 2 heterocycles. The molecule has 3 aromatic rings. The van der Waals surface area contributed by atoms with Gasteiger partial charge in [0.1, 0.15) is 11.5 Å². The molecule has 0 saturated heterocycles. The monoisotopic (exact) mass is 349 g/mol. The minimum atomic E-state index is -4.54. The molecule has 0 aliphatic heterocycles. The van der Waals surface area contributed by atoms with Gasteiger partial charge in [0.15, 0.2) is 0 Å². The summed E-state index contributed by atoms with van der Waals surface area (Å²) in [4.78, 5) is 12.3. The summed E-state index contributed by atoms with van der Waals surface area (Å²) in [6.07, 6.45) is -3.09. The number of anilines is 1. The minimum absolute atomic E-state index is 0.139. The summed E-state index contributed by atoms with van der Waals surface area (Å²) in [6, 6.07) is 8.06. The summed E-state index contributed by atoms with van der Waals surface area (Å²) in [5.41, 5.74) is -0.260. The maximum atomic E-state index is 13.3. The fourth-order valence-electron chi connectivity index (χ4n) is 2.45. The normalized spacial score (nSPS) is 11.6. The lowest BCUT2D eigenvalue weighted by atomic mass is 10.1. The number of alkyl halides is 3. The Bertz CT molecular complexity index is 926. The third-order valence-electron chi connectivity index (χ3n) is 3.56. The Labute approximate surface area is 140 Å². The van der Waals surface area contributed by atoms with E-state index in [1.165, 1.54) is 41.2 Å². The molecule has 0 bridgehead atoms. The SMILES string of the molecule is Cc1cc(NC(=O)c2ccnn2C)n(-c2ccccc2C(F)(F)F)n1. The van der Waals surface area contributed by atoms with Gasteiger partial charge in [-0.2, -0.15) is 23.4 Å². The molecule has 9 heteroatoms. The lowest BCUT2D eigenvalue weighted by Gasteiger charge is -2.15. The number of carbonyl (C=O) groups excluding carboxylic acids is 1. The molecule has 0 aliphatic rings. The van der Waals surface area contributed by atoms with E-state index in [4.69, 9.17) is 0 Å². The van der Waals surface area contributed by atoms with Crippen LogP contribution in [0.4, 0.5) is 19.0 Å². The van der Waals surface area contributed by atoms with E-state index in [0.717, 1.165) is 10.7 Å². The molecule has 0 fully saturated rings. The van der Waals surface area contributed by atoms with Gasteiger partial charge in [0, 0.05) is 19.3 Å². The van der Waals surface area contributed by atoms with Crippen LogP contribution in [0.2, 0.25) is 0 Å². The van der Waals surface area contributed by atoms with Gasteiger partial charge in [0.25, 0.3) is 5.91 Å². The van der Waals surface area contributed by atoms with Crippen LogP contribution in [0.1, 0.15) is 21.7 Å². The van der Waals surface area contributed by atoms with Crippen LogP contribution in [-0.2, 0) is 13.2 Å². The molecular formula is C16H14F3N5O. The van der Waals surface area contributed by atoms with E-state index < -0.39 is 17.6 Å². The second kappa shape index (κ2) is 6.08. The predicted octanol–water partition coefficient (Wildman–Crippen LogP) is 3.19. The number of nitrogens with zero attached hydrogens (tertiary/aromatic N) is 4. The fourth-order valence-corrected chi connectivity index (χ4v) is 2.45. The van der Waals surface area contributed by atoms with Crippen molar-refractivity contribution < 1.29 is 18.0 Å². The molecule has 0 saturated carbocycles. The van der Waals surface area contributed by atoms with Crippen molar-refractivity contribution in [3.05, 3.63) is 59.5 Å². The molecular weight excluding hydrogens is 335 g/mol. The Hall–Kier alpha value is -3.10. The highest BCUT2D eigenvalue weighted by Gasteiger charge is 2.34. The van der Waals surface area contributed by atoms with Gasteiger partial charge in [-0.1, -0.05) is 12.1 Å². The molecule has 1 aromatic carbocycles. The Morgan fingerprint density at radius 3 is 2.56 bits per heavy atom. The number of aryl methyl sites for hydroxylation is 2. The van der Waals surface area contributed by atoms with Crippen LogP contribution < -0.4 is 5.32 Å². The Balaban J connectivity index is 2.03. The first-order chi connectivity index (χ1) is 11.8. The van der Waals surface area contributed by atoms with E-state index in [9.17, 15) is 18.0 Å². The fraction of sp³-hybridized carbons (Fsp3) is 0.188. The van der Waals surface area contributed by atoms with Crippen molar-refractivity contribution in [1.82, 2.24) is 19.6 Å². The molecule has 1 amide bonds. The van der Waals surface area contributed by atoms with Crippen LogP contribution in [0.15, 0.2) is 42.6 Å². The van der Waals surface area contributed by atoms with Gasteiger partial charge in [-0.3, -0.25) is 9.48 Å². The molecule has 6 nitrogen and oxygen atoms in total. The van der Waals surface area contributed by atoms with E-state index in [2.05, 4.69) is 15.5 Å². The summed E-state index contributed by atoms with van der Waals surface area (Å²) in [6.45, 7) is 1.63. The molecule has 0 spiro atoms. The predicted molar refractivity (Wildman–Crippen MR) is 84.5 cm³/mol. The van der Waals surface area contributed by atoms with Crippen LogP contribution in [0.3, 0.4) is 0 Å². The van der Waals surface area contributed by atoms with Crippen molar-refractivity contribution in [2.24, 2.45) is 7.05 Å². The zero-order valence-corrected chi connectivity index (χ0v) is 13.4. The highest BCUT2D eigenvalue weighted by molar-refractivity contribution is 6.02. The smallest absolute Gasteiger partial charge is 0.305 e. The van der Waals surface area contributed by atoms with Crippen molar-refractivity contribution >= 4 is 11.7 Å². The van der Waals surface area contributed by atoms with Crippen molar-refractivity contribution in [3.63, 3.8) is 0 Å². The number of benzene rings is 1. The first kappa shape index (κ1) is 16.7. The highest BCUT2D eigenvalue weighted by Crippen LogP contribution is 2.34. The number of rotatable bonds is 3. The first-order valence-corrected chi connectivity index (χ1v) is 7.30. The number of hydrogen-bond donors (Lipinski definition) is 1. The lowest BCUT2D eigenvalue weighted by Crippen LogP contribution is -2.19. The quantitative estimate of drug-likeness (QED) is 0.790. The second-order valence-corrected chi connectivity index (χ2v) is 5.39. The van der Waals surface area contributed by atoms with Gasteiger partial charge in [0.2, 0.25) is 0 Å². The number of aromatic nitrogens is 4. The Morgan fingerprint density at radius 1 is 1.20 bits per heavy atom. The van der Waals surface area contributed by atoms with Crippen LogP contribution in [0.5, 0.6) is 0 Å². The topological polar surface area (TPSA) is 64.7 Å². The largest absolute Gasteiger partial charge is 0.418 e. The van der Waals surface area contributed by atoms with Gasteiger partial charge < -0.3 is 5.32 Å². The van der Waals surface area contributed by atoms with Crippen molar-refractivity contribution in [2.75, 3.05) is 5.32 Å². The van der Waals surface area contributed by atoms with E-state index in [1.54, 1.807) is 14.0 Å². The number of nitrogens with one attached hydrogen (secondary N) is 1. The van der Waals surface area contributed by atoms with E-state index >= 15 is 0 Å². The molecule has 2 aromatic heterocycles. The summed E-state index contributed by atoms with van der Waals surface area (Å²) in [5.74, 6) is -0.356. The third kappa shape index (κ3) is 3.25. The number of amides is 1. The molecule has 1 N–H and O–H groups in total. The van der Waals surface area contributed by atoms with Crippen LogP contribution >= 0.6 is 0 Å². The number of para-hydroxylation sites is 1. The molecule has 130 valence electrons. The minimum Gasteiger partial charge on any atom is -0.305 e. The standard InChI is InChI=1S/C16H14F3N5O/c1-10-9-14(21-15(25)13-7-8-20-23(13)2)24(22-10)12-6-4-3-5-11(12)16(17,18)19/h3-9H,1-2H3,(H,21,25). The molecule has 3 rings (SSSR count). The van der Waals surface area contributed by atoms with Crippen LogP contribution in [-0.4, -0.2) is 25.5 Å². The summed E-state index contributed by atoms with van der Waals surface area (Å²) in [5, 5.41) is 10.6. The van der Waals surface area contributed by atoms with Gasteiger partial charge in [0.05, 0.1) is 16.9 Å². The lowest BCUT2D eigenvalue weighted by molar-refractivity contribution is -0.137. The number of carbonyl (C=O) groups is 1. The Morgan fingerprint density at radius 2 is 1.92 bits per heavy atom. The third-order valence-corrected chi connectivity index (χ3v) is 3.56. The van der Waals surface area contributed by atoms with E-state index in [1.807, 2.05) is 0 Å². The second-order valence-electron chi connectivity index (χ2n) is 5.39. The maximum absolute atomic E-state index is 13.3. The molecule has 0 unspecified atom stereocenters. The van der Waals surface area contributed by atoms with Crippen molar-refractivity contribution in [2.45, 2.75) is 13.1 Å². The van der Waals surface area contributed by atoms with Crippen LogP contribution in [0, 0.1) is 6.92 Å². The van der Waals surface area contributed by atoms with E-state index in [0.29, 0.717) is 5.69 Å². The number of halogens is 3. The van der Waals surface area contributed by atoms with Crippen LogP contribution in [0.25, 0.3) is 5.69 Å². The van der Waals surface area contributed by atoms with Gasteiger partial charge >= 0.3 is 6.18 Å². The van der Waals surface area contributed by atoms with Gasteiger partial charge in [-0.05, 0) is 25.1 Å². The first-order valence-electron chi connectivity index (χ1n) is 7.30. The molecule has 0 radical (unpaired) electrons. The average Bonchev–Trinajstić information content (AvgIpc) is 3.12.